The largest absolute Gasteiger partial charge is 0.481 e. The van der Waals surface area contributed by atoms with Gasteiger partial charge in [-0.05, 0) is 98.2 Å². The average molecular weight is 565 g/mol. The second-order valence-corrected chi connectivity index (χ2v) is 10.2. The number of carbonyl (C=O) groups is 2. The number of carboxylic acids is 2. The fourth-order valence-corrected chi connectivity index (χ4v) is 5.30. The first-order valence-electron chi connectivity index (χ1n) is 13.8. The van der Waals surface area contributed by atoms with Crippen molar-refractivity contribution < 1.29 is 19.8 Å². The van der Waals surface area contributed by atoms with E-state index in [0.717, 1.165) is 61.0 Å². The molecule has 0 spiro atoms. The molecule has 0 amide bonds. The molecule has 3 aromatic heterocycles. The molecule has 42 heavy (non-hydrogen) atoms. The highest BCUT2D eigenvalue weighted by atomic mass is 16.4. The number of aryl methyl sites for hydroxylation is 3. The molecule has 1 aliphatic heterocycles. The number of hydrogen-bond acceptors (Lipinski definition) is 4. The monoisotopic (exact) mass is 564 g/mol. The van der Waals surface area contributed by atoms with Gasteiger partial charge in [-0.25, -0.2) is 4.98 Å². The Kier molecular flexibility index (Phi) is 9.06. The summed E-state index contributed by atoms with van der Waals surface area (Å²) >= 11 is 0. The molecule has 0 aliphatic carbocycles. The first-order valence-corrected chi connectivity index (χ1v) is 13.8. The Labute approximate surface area is 244 Å². The molecule has 6 bridgehead atoms. The number of carboxylic acid groups (broad SMARTS) is 2. The minimum Gasteiger partial charge on any atom is -0.481 e. The van der Waals surface area contributed by atoms with Gasteiger partial charge < -0.3 is 20.2 Å². The standard InChI is InChI=1S/C34H36N4O4/c1-7-22(8-2)29-16-27-19(4)23(9-3)30(37-27)17-28-21(6)25(11-13-34(41)42)32(38-28)18-31-24(10-12-33(39)40)20(5)26(36-31)14-15-35-29/h7-9,14-18,37-38H,1,3,10-13H2,2,4-6H3,(H,39,40)(H,41,42)/b15-14?,22-8+,26-14?,27-16?,28-17?,29-16?,30-17?,31-18?,32-18?,35-15?,35-29?. The van der Waals surface area contributed by atoms with Crippen molar-refractivity contribution in [1.29, 1.82) is 0 Å². The Morgan fingerprint density at radius 2 is 1.55 bits per heavy atom. The molecule has 216 valence electrons. The summed E-state index contributed by atoms with van der Waals surface area (Å²) < 4.78 is 0. The highest BCUT2D eigenvalue weighted by Crippen LogP contribution is 2.34. The SMILES string of the molecule is C=C/C(=C\C)c1cc2[nH]c(cc3[nH]c(cc4nc(ccn1)C(C)=C4CCC(=O)O)c(CCC(=O)O)c3C)c(C=C)c2C. The zero-order chi connectivity index (χ0) is 30.6. The van der Waals surface area contributed by atoms with Crippen LogP contribution in [0.3, 0.4) is 0 Å². The minimum absolute atomic E-state index is 0.0262. The third-order valence-electron chi connectivity index (χ3n) is 7.71. The molecule has 0 radical (unpaired) electrons. The van der Waals surface area contributed by atoms with Gasteiger partial charge in [-0.1, -0.05) is 31.4 Å². The van der Waals surface area contributed by atoms with Gasteiger partial charge in [0.25, 0.3) is 0 Å². The molecule has 0 unspecified atom stereocenters. The fraction of sp³-hybridized carbons (Fsp3) is 0.235. The zero-order valence-corrected chi connectivity index (χ0v) is 24.5. The van der Waals surface area contributed by atoms with Crippen molar-refractivity contribution in [1.82, 2.24) is 19.9 Å². The van der Waals surface area contributed by atoms with Gasteiger partial charge >= 0.3 is 11.9 Å². The van der Waals surface area contributed by atoms with Crippen LogP contribution in [0.25, 0.3) is 44.9 Å². The maximum Gasteiger partial charge on any atom is 0.303 e. The van der Waals surface area contributed by atoms with Gasteiger partial charge in [0.15, 0.2) is 0 Å². The van der Waals surface area contributed by atoms with Gasteiger partial charge in [0.05, 0.1) is 17.1 Å². The summed E-state index contributed by atoms with van der Waals surface area (Å²) in [6.07, 6.45) is 7.79. The predicted octanol–water partition coefficient (Wildman–Crippen LogP) is 7.66. The quantitative estimate of drug-likeness (QED) is 0.197. The van der Waals surface area contributed by atoms with Crippen LogP contribution >= 0.6 is 0 Å². The highest BCUT2D eigenvalue weighted by Gasteiger charge is 2.19. The van der Waals surface area contributed by atoms with E-state index < -0.39 is 11.9 Å². The van der Waals surface area contributed by atoms with Crippen molar-refractivity contribution in [3.05, 3.63) is 95.1 Å². The number of aromatic nitrogens is 4. The Morgan fingerprint density at radius 1 is 0.881 bits per heavy atom. The number of allylic oxidation sites excluding steroid dienone is 5. The van der Waals surface area contributed by atoms with E-state index in [9.17, 15) is 19.8 Å². The number of hydrogen-bond donors (Lipinski definition) is 4. The van der Waals surface area contributed by atoms with Crippen LogP contribution in [-0.2, 0) is 16.0 Å². The number of aromatic amines is 2. The van der Waals surface area contributed by atoms with E-state index in [-0.39, 0.29) is 12.8 Å². The van der Waals surface area contributed by atoms with Gasteiger partial charge in [-0.15, -0.1) is 0 Å². The number of fused-ring (bicyclic) bond motifs is 6. The van der Waals surface area contributed by atoms with Crippen molar-refractivity contribution >= 4 is 56.8 Å². The average Bonchev–Trinajstić information content (AvgIpc) is 3.51. The third kappa shape index (κ3) is 6.17. The molecule has 0 atom stereocenters. The molecule has 8 nitrogen and oxygen atoms in total. The Balaban J connectivity index is 2.18. The lowest BCUT2D eigenvalue weighted by atomic mass is 10.0. The Hall–Kier alpha value is -4.98. The van der Waals surface area contributed by atoms with Crippen LogP contribution in [0, 0.1) is 13.8 Å². The number of rotatable bonds is 9. The lowest BCUT2D eigenvalue weighted by molar-refractivity contribution is -0.137. The van der Waals surface area contributed by atoms with E-state index >= 15 is 0 Å². The zero-order valence-electron chi connectivity index (χ0n) is 24.5. The van der Waals surface area contributed by atoms with Gasteiger partial charge in [-0.2, -0.15) is 0 Å². The summed E-state index contributed by atoms with van der Waals surface area (Å²) in [4.78, 5) is 39.6. The van der Waals surface area contributed by atoms with Crippen molar-refractivity contribution in [2.24, 2.45) is 0 Å². The second-order valence-electron chi connectivity index (χ2n) is 10.2. The van der Waals surface area contributed by atoms with Crippen LogP contribution in [0.15, 0.2) is 55.8 Å². The highest BCUT2D eigenvalue weighted by molar-refractivity contribution is 5.93. The molecule has 0 fully saturated rings. The summed E-state index contributed by atoms with van der Waals surface area (Å²) in [5, 5.41) is 18.8. The number of nitrogens with one attached hydrogen (secondary N) is 2. The van der Waals surface area contributed by atoms with E-state index in [1.54, 1.807) is 12.3 Å². The fourth-order valence-electron chi connectivity index (χ4n) is 5.30. The van der Waals surface area contributed by atoms with Crippen LogP contribution in [0.4, 0.5) is 0 Å². The van der Waals surface area contributed by atoms with Crippen molar-refractivity contribution in [2.45, 2.75) is 53.4 Å². The van der Waals surface area contributed by atoms with Gasteiger partial charge in [0.1, 0.15) is 0 Å². The Morgan fingerprint density at radius 3 is 2.19 bits per heavy atom. The van der Waals surface area contributed by atoms with Crippen LogP contribution in [-0.4, -0.2) is 42.1 Å². The number of nitrogens with zero attached hydrogens (tertiary/aromatic N) is 2. The summed E-state index contributed by atoms with van der Waals surface area (Å²) in [5.41, 5.74) is 11.7. The molecule has 0 saturated heterocycles. The molecular weight excluding hydrogens is 528 g/mol. The molecule has 4 rings (SSSR count). The van der Waals surface area contributed by atoms with Crippen molar-refractivity contribution in [3.63, 3.8) is 0 Å². The molecular formula is C34H36N4O4. The molecule has 3 aromatic rings. The maximum atomic E-state index is 11.5. The minimum atomic E-state index is -0.890. The molecule has 4 N–H and O–H groups in total. The predicted molar refractivity (Wildman–Crippen MR) is 170 cm³/mol. The summed E-state index contributed by atoms with van der Waals surface area (Å²) in [5.74, 6) is -1.77. The van der Waals surface area contributed by atoms with Crippen molar-refractivity contribution in [3.8, 4) is 0 Å². The van der Waals surface area contributed by atoms with Gasteiger partial charge in [0, 0.05) is 46.7 Å². The maximum absolute atomic E-state index is 11.5. The molecule has 8 heteroatoms. The Bertz CT molecular complexity index is 1820. The van der Waals surface area contributed by atoms with Crippen LogP contribution < -0.4 is 0 Å². The van der Waals surface area contributed by atoms with Crippen molar-refractivity contribution in [2.75, 3.05) is 0 Å². The van der Waals surface area contributed by atoms with Crippen LogP contribution in [0.5, 0.6) is 0 Å². The second kappa shape index (κ2) is 12.7. The summed E-state index contributed by atoms with van der Waals surface area (Å²) in [6.45, 7) is 15.8. The lowest BCUT2D eigenvalue weighted by Gasteiger charge is -2.03. The van der Waals surface area contributed by atoms with Gasteiger partial charge in [-0.3, -0.25) is 14.6 Å². The molecule has 4 heterocycles. The van der Waals surface area contributed by atoms with Gasteiger partial charge in [0.2, 0.25) is 0 Å². The van der Waals surface area contributed by atoms with Crippen LogP contribution in [0.1, 0.15) is 72.4 Å². The normalized spacial score (nSPS) is 12.3. The van der Waals surface area contributed by atoms with E-state index in [1.807, 2.05) is 64.1 Å². The van der Waals surface area contributed by atoms with E-state index in [0.29, 0.717) is 29.9 Å². The molecule has 0 saturated carbocycles. The van der Waals surface area contributed by atoms with E-state index in [4.69, 9.17) is 9.97 Å². The first kappa shape index (κ1) is 30.0. The van der Waals surface area contributed by atoms with E-state index in [2.05, 4.69) is 23.1 Å². The van der Waals surface area contributed by atoms with E-state index in [1.165, 1.54) is 0 Å². The first-order chi connectivity index (χ1) is 20.1. The summed E-state index contributed by atoms with van der Waals surface area (Å²) in [6, 6.07) is 7.69. The number of H-pyrrole nitrogens is 2. The smallest absolute Gasteiger partial charge is 0.303 e. The topological polar surface area (TPSA) is 132 Å². The molecule has 1 aliphatic rings. The molecule has 0 aromatic carbocycles. The number of aliphatic carboxylic acids is 2. The van der Waals surface area contributed by atoms with Crippen LogP contribution in [0.2, 0.25) is 0 Å². The summed E-state index contributed by atoms with van der Waals surface area (Å²) in [7, 11) is 0. The lowest BCUT2D eigenvalue weighted by Crippen LogP contribution is -1.98. The third-order valence-corrected chi connectivity index (χ3v) is 7.71.